The third kappa shape index (κ3) is 1.98. The molecule has 0 radical (unpaired) electrons. The van der Waals surface area contributed by atoms with Gasteiger partial charge in [0.05, 0.1) is 6.61 Å². The summed E-state index contributed by atoms with van der Waals surface area (Å²) in [4.78, 5) is 0. The summed E-state index contributed by atoms with van der Waals surface area (Å²) in [6.45, 7) is -0.440. The van der Waals surface area contributed by atoms with Crippen LogP contribution in [0.3, 0.4) is 0 Å². The molecule has 1 rings (SSSR count). The topological polar surface area (TPSA) is 99.4 Å². The lowest BCUT2D eigenvalue weighted by Gasteiger charge is -2.38. The second-order valence-corrected chi connectivity index (χ2v) is 2.93. The highest BCUT2D eigenvalue weighted by Crippen LogP contribution is 2.20. The molecule has 1 fully saturated rings. The lowest BCUT2D eigenvalue weighted by atomic mass is 9.99. The highest BCUT2D eigenvalue weighted by molar-refractivity contribution is 4.88. The van der Waals surface area contributed by atoms with Gasteiger partial charge in [-0.1, -0.05) is 0 Å². The zero-order valence-corrected chi connectivity index (χ0v) is 7.20. The molecular weight excluding hydrogens is 180 g/mol. The summed E-state index contributed by atoms with van der Waals surface area (Å²) in [6.07, 6.45) is -5.91. The summed E-state index contributed by atoms with van der Waals surface area (Å²) >= 11 is 0. The van der Waals surface area contributed by atoms with Crippen LogP contribution in [0.1, 0.15) is 0 Å². The van der Waals surface area contributed by atoms with Crippen LogP contribution in [0, 0.1) is 0 Å². The van der Waals surface area contributed by atoms with Crippen molar-refractivity contribution in [3.63, 3.8) is 0 Å². The first-order valence-corrected chi connectivity index (χ1v) is 3.95. The van der Waals surface area contributed by atoms with Crippen molar-refractivity contribution in [3.8, 4) is 0 Å². The summed E-state index contributed by atoms with van der Waals surface area (Å²) in [5.74, 6) is 0. The molecule has 0 aromatic carbocycles. The second kappa shape index (κ2) is 4.32. The van der Waals surface area contributed by atoms with Gasteiger partial charge in [-0.3, -0.25) is 0 Å². The van der Waals surface area contributed by atoms with E-state index in [-0.39, 0.29) is 0 Å². The molecule has 1 aliphatic rings. The van der Waals surface area contributed by atoms with Crippen LogP contribution in [0.25, 0.3) is 0 Å². The first kappa shape index (κ1) is 10.8. The number of hydrogen-bond acceptors (Lipinski definition) is 6. The van der Waals surface area contributed by atoms with Crippen molar-refractivity contribution >= 4 is 0 Å². The van der Waals surface area contributed by atoms with E-state index in [2.05, 4.69) is 0 Å². The fraction of sp³-hybridized carbons (Fsp3) is 1.00. The quantitative estimate of drug-likeness (QED) is 0.386. The molecule has 0 amide bonds. The molecule has 1 heterocycles. The Bertz CT molecular complexity index is 143. The second-order valence-electron chi connectivity index (χ2n) is 2.93. The molecule has 1 aliphatic heterocycles. The molecular formula is C7H14O6. The molecule has 2 unspecified atom stereocenters. The molecule has 0 aromatic heterocycles. The van der Waals surface area contributed by atoms with Gasteiger partial charge in [0.1, 0.15) is 24.4 Å². The predicted octanol–water partition coefficient (Wildman–Crippen LogP) is -2.57. The summed E-state index contributed by atoms with van der Waals surface area (Å²) in [5.41, 5.74) is 0. The van der Waals surface area contributed by atoms with Gasteiger partial charge < -0.3 is 29.9 Å². The smallest absolute Gasteiger partial charge is 0.186 e. The molecule has 6 nitrogen and oxygen atoms in total. The molecule has 0 spiro atoms. The maximum atomic E-state index is 9.28. The number of methoxy groups -OCH3 is 1. The van der Waals surface area contributed by atoms with Crippen LogP contribution in [-0.2, 0) is 9.47 Å². The monoisotopic (exact) mass is 194 g/mol. The standard InChI is InChI=1S/C7H14O6/c1-12-7-6(11)5(10)4(9)3(2-8)13-7/h3-11H,2H2,1H3/t3-,4?,5?,6+,7+/m1/s1. The van der Waals surface area contributed by atoms with Crippen LogP contribution in [0.4, 0.5) is 0 Å². The molecule has 1 saturated heterocycles. The van der Waals surface area contributed by atoms with Gasteiger partial charge in [-0.05, 0) is 0 Å². The zero-order valence-electron chi connectivity index (χ0n) is 7.20. The molecule has 0 aliphatic carbocycles. The van der Waals surface area contributed by atoms with Crippen LogP contribution >= 0.6 is 0 Å². The molecule has 0 saturated carbocycles. The Morgan fingerprint density at radius 1 is 1.15 bits per heavy atom. The van der Waals surface area contributed by atoms with Gasteiger partial charge >= 0.3 is 0 Å². The minimum absolute atomic E-state index is 0.440. The highest BCUT2D eigenvalue weighted by Gasteiger charge is 2.43. The van der Waals surface area contributed by atoms with Gasteiger partial charge in [-0.15, -0.1) is 0 Å². The number of rotatable bonds is 2. The lowest BCUT2D eigenvalue weighted by Crippen LogP contribution is -2.58. The minimum atomic E-state index is -1.36. The van der Waals surface area contributed by atoms with Crippen LogP contribution in [-0.4, -0.2) is 64.8 Å². The van der Waals surface area contributed by atoms with Crippen molar-refractivity contribution in [2.75, 3.05) is 13.7 Å². The summed E-state index contributed by atoms with van der Waals surface area (Å²) in [6, 6.07) is 0. The van der Waals surface area contributed by atoms with E-state index in [4.69, 9.17) is 14.6 Å². The van der Waals surface area contributed by atoms with Gasteiger partial charge in [0, 0.05) is 7.11 Å². The first-order valence-electron chi connectivity index (χ1n) is 3.95. The Balaban J connectivity index is 2.66. The molecule has 0 aromatic rings. The van der Waals surface area contributed by atoms with E-state index in [1.165, 1.54) is 7.11 Å². The van der Waals surface area contributed by atoms with Crippen molar-refractivity contribution in [2.24, 2.45) is 0 Å². The maximum Gasteiger partial charge on any atom is 0.186 e. The fourth-order valence-electron chi connectivity index (χ4n) is 1.26. The van der Waals surface area contributed by atoms with E-state index < -0.39 is 37.3 Å². The molecule has 4 N–H and O–H groups in total. The van der Waals surface area contributed by atoms with Crippen molar-refractivity contribution in [3.05, 3.63) is 0 Å². The van der Waals surface area contributed by atoms with Crippen LogP contribution in [0.2, 0.25) is 0 Å². The van der Waals surface area contributed by atoms with Crippen molar-refractivity contribution in [2.45, 2.75) is 30.7 Å². The predicted molar refractivity (Wildman–Crippen MR) is 40.8 cm³/mol. The zero-order chi connectivity index (χ0) is 10.0. The van der Waals surface area contributed by atoms with Gasteiger partial charge in [0.2, 0.25) is 0 Å². The number of aliphatic hydroxyl groups excluding tert-OH is 4. The van der Waals surface area contributed by atoms with E-state index in [0.29, 0.717) is 0 Å². The average molecular weight is 194 g/mol. The first-order chi connectivity index (χ1) is 6.11. The average Bonchev–Trinajstić information content (AvgIpc) is 2.15. The Morgan fingerprint density at radius 3 is 2.23 bits per heavy atom. The highest BCUT2D eigenvalue weighted by atomic mass is 16.7. The third-order valence-electron chi connectivity index (χ3n) is 2.08. The van der Waals surface area contributed by atoms with Gasteiger partial charge in [-0.25, -0.2) is 0 Å². The Kier molecular flexibility index (Phi) is 3.60. The van der Waals surface area contributed by atoms with Gasteiger partial charge in [0.15, 0.2) is 6.29 Å². The third-order valence-corrected chi connectivity index (χ3v) is 2.08. The number of aliphatic hydroxyl groups is 4. The summed E-state index contributed by atoms with van der Waals surface area (Å²) < 4.78 is 9.65. The van der Waals surface area contributed by atoms with E-state index in [1.54, 1.807) is 0 Å². The van der Waals surface area contributed by atoms with Gasteiger partial charge in [-0.2, -0.15) is 0 Å². The van der Waals surface area contributed by atoms with E-state index in [9.17, 15) is 15.3 Å². The van der Waals surface area contributed by atoms with Crippen molar-refractivity contribution < 1.29 is 29.9 Å². The van der Waals surface area contributed by atoms with Gasteiger partial charge in [0.25, 0.3) is 0 Å². The van der Waals surface area contributed by atoms with Crippen LogP contribution in [0.15, 0.2) is 0 Å². The number of hydrogen-bond donors (Lipinski definition) is 4. The Hall–Kier alpha value is -0.240. The van der Waals surface area contributed by atoms with Crippen LogP contribution < -0.4 is 0 Å². The minimum Gasteiger partial charge on any atom is -0.394 e. The normalized spacial score (nSPS) is 46.4. The Morgan fingerprint density at radius 2 is 1.77 bits per heavy atom. The van der Waals surface area contributed by atoms with Crippen molar-refractivity contribution in [1.82, 2.24) is 0 Å². The lowest BCUT2D eigenvalue weighted by molar-refractivity contribution is -0.294. The summed E-state index contributed by atoms with van der Waals surface area (Å²) in [5, 5.41) is 36.6. The van der Waals surface area contributed by atoms with Crippen LogP contribution in [0.5, 0.6) is 0 Å². The SMILES string of the molecule is CO[C@H]1O[C@H](CO)C(O)C(O)[C@@H]1O. The fourth-order valence-corrected chi connectivity index (χ4v) is 1.26. The van der Waals surface area contributed by atoms with Crippen molar-refractivity contribution in [1.29, 1.82) is 0 Å². The number of ether oxygens (including phenoxy) is 2. The van der Waals surface area contributed by atoms with E-state index >= 15 is 0 Å². The maximum absolute atomic E-state index is 9.28. The molecule has 13 heavy (non-hydrogen) atoms. The summed E-state index contributed by atoms with van der Waals surface area (Å²) in [7, 11) is 1.30. The molecule has 0 bridgehead atoms. The van der Waals surface area contributed by atoms with E-state index in [0.717, 1.165) is 0 Å². The molecule has 6 heteroatoms. The molecule has 78 valence electrons. The molecule has 5 atom stereocenters. The largest absolute Gasteiger partial charge is 0.394 e. The van der Waals surface area contributed by atoms with E-state index in [1.807, 2.05) is 0 Å². The Labute approximate surface area is 75.3 Å².